The van der Waals surface area contributed by atoms with E-state index in [-0.39, 0.29) is 11.8 Å². The summed E-state index contributed by atoms with van der Waals surface area (Å²) in [6.45, 7) is 1.58. The van der Waals surface area contributed by atoms with E-state index in [4.69, 9.17) is 4.74 Å². The van der Waals surface area contributed by atoms with Crippen LogP contribution in [0.5, 0.6) is 0 Å². The van der Waals surface area contributed by atoms with E-state index in [1.165, 1.54) is 4.90 Å². The van der Waals surface area contributed by atoms with Crippen LogP contribution in [0.2, 0.25) is 0 Å². The lowest BCUT2D eigenvalue weighted by Crippen LogP contribution is -2.40. The minimum absolute atomic E-state index is 0.0909. The molecule has 1 aromatic carbocycles. The minimum atomic E-state index is -1.03. The number of ether oxygens (including phenoxy) is 1. The molecule has 0 N–H and O–H groups in total. The molecule has 0 saturated carbocycles. The highest BCUT2D eigenvalue weighted by molar-refractivity contribution is 5.95. The highest BCUT2D eigenvalue weighted by atomic mass is 19.1. The number of hydrogen-bond acceptors (Lipinski definition) is 3. The first-order chi connectivity index (χ1) is 8.63. The molecule has 1 saturated heterocycles. The van der Waals surface area contributed by atoms with Gasteiger partial charge in [-0.25, -0.2) is 8.78 Å². The highest BCUT2D eigenvalue weighted by Crippen LogP contribution is 2.16. The third-order valence-electron chi connectivity index (χ3n) is 2.74. The number of aldehydes is 1. The van der Waals surface area contributed by atoms with E-state index in [0.717, 1.165) is 12.1 Å². The third-order valence-corrected chi connectivity index (χ3v) is 2.74. The van der Waals surface area contributed by atoms with Crippen LogP contribution in [-0.2, 0) is 4.74 Å². The summed E-state index contributed by atoms with van der Waals surface area (Å²) in [7, 11) is 0. The molecular weight excluding hydrogens is 244 g/mol. The zero-order chi connectivity index (χ0) is 13.1. The molecule has 0 unspecified atom stereocenters. The predicted molar refractivity (Wildman–Crippen MR) is 58.5 cm³/mol. The second kappa shape index (κ2) is 5.22. The lowest BCUT2D eigenvalue weighted by atomic mass is 10.1. The normalized spacial score (nSPS) is 15.6. The fourth-order valence-electron chi connectivity index (χ4n) is 1.77. The minimum Gasteiger partial charge on any atom is -0.378 e. The van der Waals surface area contributed by atoms with Gasteiger partial charge in [-0.05, 0) is 12.1 Å². The largest absolute Gasteiger partial charge is 0.378 e. The van der Waals surface area contributed by atoms with Crippen LogP contribution in [0.3, 0.4) is 0 Å². The van der Waals surface area contributed by atoms with Gasteiger partial charge in [-0.2, -0.15) is 0 Å². The van der Waals surface area contributed by atoms with Gasteiger partial charge >= 0.3 is 0 Å². The Balaban J connectivity index is 2.27. The SMILES string of the molecule is O=Cc1c(F)cc(C(=O)N2CCOCC2)cc1F. The van der Waals surface area contributed by atoms with Crippen molar-refractivity contribution in [2.45, 2.75) is 0 Å². The predicted octanol–water partition coefficient (Wildman–Crippen LogP) is 1.25. The fraction of sp³-hybridized carbons (Fsp3) is 0.333. The van der Waals surface area contributed by atoms with Crippen molar-refractivity contribution in [2.75, 3.05) is 26.3 Å². The molecule has 0 aromatic heterocycles. The van der Waals surface area contributed by atoms with Crippen LogP contribution in [0.1, 0.15) is 20.7 Å². The maximum absolute atomic E-state index is 13.4. The molecule has 1 aliphatic heterocycles. The van der Waals surface area contributed by atoms with Gasteiger partial charge in [0.2, 0.25) is 0 Å². The van der Waals surface area contributed by atoms with E-state index in [9.17, 15) is 18.4 Å². The molecule has 18 heavy (non-hydrogen) atoms. The number of carbonyl (C=O) groups excluding carboxylic acids is 2. The highest BCUT2D eigenvalue weighted by Gasteiger charge is 2.21. The summed E-state index contributed by atoms with van der Waals surface area (Å²) in [6, 6.07) is 1.76. The van der Waals surface area contributed by atoms with Crippen LogP contribution >= 0.6 is 0 Å². The molecule has 0 spiro atoms. The van der Waals surface area contributed by atoms with Crippen molar-refractivity contribution in [1.29, 1.82) is 0 Å². The van der Waals surface area contributed by atoms with E-state index in [2.05, 4.69) is 0 Å². The molecule has 1 heterocycles. The van der Waals surface area contributed by atoms with E-state index < -0.39 is 23.1 Å². The maximum Gasteiger partial charge on any atom is 0.254 e. The van der Waals surface area contributed by atoms with E-state index in [1.54, 1.807) is 0 Å². The Morgan fingerprint density at radius 1 is 1.22 bits per heavy atom. The molecule has 6 heteroatoms. The number of hydrogen-bond donors (Lipinski definition) is 0. The molecule has 4 nitrogen and oxygen atoms in total. The van der Waals surface area contributed by atoms with Gasteiger partial charge in [0.1, 0.15) is 11.6 Å². The Hall–Kier alpha value is -1.82. The van der Waals surface area contributed by atoms with Gasteiger partial charge in [0, 0.05) is 18.7 Å². The van der Waals surface area contributed by atoms with Gasteiger partial charge in [-0.15, -0.1) is 0 Å². The number of morpholine rings is 1. The second-order valence-corrected chi connectivity index (χ2v) is 3.88. The first kappa shape index (κ1) is 12.6. The van der Waals surface area contributed by atoms with Gasteiger partial charge in [-0.3, -0.25) is 9.59 Å². The van der Waals surface area contributed by atoms with Crippen molar-refractivity contribution in [3.8, 4) is 0 Å². The monoisotopic (exact) mass is 255 g/mol. The van der Waals surface area contributed by atoms with Crippen LogP contribution in [0.25, 0.3) is 0 Å². The summed E-state index contributed by atoms with van der Waals surface area (Å²) in [5, 5.41) is 0. The standard InChI is InChI=1S/C12H11F2NO3/c13-10-5-8(6-11(14)9(10)7-16)12(17)15-1-3-18-4-2-15/h5-7H,1-4H2. The number of carbonyl (C=O) groups is 2. The average molecular weight is 255 g/mol. The van der Waals surface area contributed by atoms with Gasteiger partial charge in [0.15, 0.2) is 6.29 Å². The van der Waals surface area contributed by atoms with Crippen LogP contribution in [0.15, 0.2) is 12.1 Å². The molecule has 1 aliphatic rings. The Kier molecular flexibility index (Phi) is 3.66. The van der Waals surface area contributed by atoms with Crippen LogP contribution in [0, 0.1) is 11.6 Å². The summed E-state index contributed by atoms with van der Waals surface area (Å²) in [4.78, 5) is 23.8. The summed E-state index contributed by atoms with van der Waals surface area (Å²) in [5.41, 5.74) is -0.758. The van der Waals surface area contributed by atoms with Crippen molar-refractivity contribution >= 4 is 12.2 Å². The molecule has 0 radical (unpaired) electrons. The van der Waals surface area contributed by atoms with Crippen LogP contribution in [-0.4, -0.2) is 43.4 Å². The zero-order valence-electron chi connectivity index (χ0n) is 9.49. The Labute approximate surface area is 102 Å². The van der Waals surface area contributed by atoms with Crippen molar-refractivity contribution in [3.05, 3.63) is 34.9 Å². The van der Waals surface area contributed by atoms with E-state index in [1.807, 2.05) is 0 Å². The molecule has 1 amide bonds. The molecule has 0 atom stereocenters. The lowest BCUT2D eigenvalue weighted by Gasteiger charge is -2.26. The Morgan fingerprint density at radius 2 is 1.78 bits per heavy atom. The van der Waals surface area contributed by atoms with Crippen molar-refractivity contribution in [2.24, 2.45) is 0 Å². The molecule has 96 valence electrons. The van der Waals surface area contributed by atoms with Gasteiger partial charge in [-0.1, -0.05) is 0 Å². The zero-order valence-corrected chi connectivity index (χ0v) is 9.49. The second-order valence-electron chi connectivity index (χ2n) is 3.88. The summed E-state index contributed by atoms with van der Waals surface area (Å²) in [6.07, 6.45) is 0.0909. The topological polar surface area (TPSA) is 46.6 Å². The third kappa shape index (κ3) is 2.38. The van der Waals surface area contributed by atoms with E-state index in [0.29, 0.717) is 26.3 Å². The van der Waals surface area contributed by atoms with Gasteiger partial charge in [0.25, 0.3) is 5.91 Å². The summed E-state index contributed by atoms with van der Waals surface area (Å²) >= 11 is 0. The fourth-order valence-corrected chi connectivity index (χ4v) is 1.77. The number of nitrogens with zero attached hydrogens (tertiary/aromatic N) is 1. The molecule has 0 aliphatic carbocycles. The van der Waals surface area contributed by atoms with Crippen molar-refractivity contribution in [1.82, 2.24) is 4.90 Å². The van der Waals surface area contributed by atoms with Crippen LogP contribution < -0.4 is 0 Å². The maximum atomic E-state index is 13.4. The number of rotatable bonds is 2. The average Bonchev–Trinajstić information content (AvgIpc) is 2.38. The molecule has 0 bridgehead atoms. The molecule has 1 aromatic rings. The quantitative estimate of drug-likeness (QED) is 0.747. The molecule has 2 rings (SSSR count). The van der Waals surface area contributed by atoms with Crippen molar-refractivity contribution < 1.29 is 23.1 Å². The number of benzene rings is 1. The smallest absolute Gasteiger partial charge is 0.254 e. The first-order valence-electron chi connectivity index (χ1n) is 5.44. The first-order valence-corrected chi connectivity index (χ1v) is 5.44. The molecular formula is C12H11F2NO3. The van der Waals surface area contributed by atoms with E-state index >= 15 is 0 Å². The number of amides is 1. The van der Waals surface area contributed by atoms with Crippen LogP contribution in [0.4, 0.5) is 8.78 Å². The Morgan fingerprint density at radius 3 is 2.28 bits per heavy atom. The summed E-state index contributed by atoms with van der Waals surface area (Å²) in [5.74, 6) is -2.52. The van der Waals surface area contributed by atoms with Gasteiger partial charge < -0.3 is 9.64 Å². The van der Waals surface area contributed by atoms with Gasteiger partial charge in [0.05, 0.1) is 18.8 Å². The molecule has 1 fully saturated rings. The van der Waals surface area contributed by atoms with Crippen molar-refractivity contribution in [3.63, 3.8) is 0 Å². The number of halogens is 2. The summed E-state index contributed by atoms with van der Waals surface area (Å²) < 4.78 is 31.8. The Bertz CT molecular complexity index is 461. The lowest BCUT2D eigenvalue weighted by molar-refractivity contribution is 0.0302.